The van der Waals surface area contributed by atoms with Crippen LogP contribution in [0.2, 0.25) is 5.15 Å². The lowest BCUT2D eigenvalue weighted by Crippen LogP contribution is -2.58. The number of halogens is 1. The summed E-state index contributed by atoms with van der Waals surface area (Å²) < 4.78 is 0. The number of aromatic nitrogens is 1. The van der Waals surface area contributed by atoms with Crippen LogP contribution in [0.4, 0.5) is 0 Å². The summed E-state index contributed by atoms with van der Waals surface area (Å²) in [5.41, 5.74) is 0.175. The molecule has 2 rings (SSSR count). The van der Waals surface area contributed by atoms with Gasteiger partial charge in [0, 0.05) is 6.20 Å². The van der Waals surface area contributed by atoms with Crippen LogP contribution in [0.3, 0.4) is 0 Å². The van der Waals surface area contributed by atoms with Crippen molar-refractivity contribution in [3.63, 3.8) is 0 Å². The van der Waals surface area contributed by atoms with Crippen LogP contribution in [0.15, 0.2) is 18.3 Å². The minimum absolute atomic E-state index is 0.0492. The second kappa shape index (κ2) is 4.73. The fourth-order valence-corrected chi connectivity index (χ4v) is 1.86. The molecule has 0 radical (unpaired) electrons. The zero-order valence-electron chi connectivity index (χ0n) is 9.51. The molecule has 1 unspecified atom stereocenters. The number of hydrogen-bond donors (Lipinski definition) is 1. The third-order valence-corrected chi connectivity index (χ3v) is 2.98. The number of rotatable bonds is 1. The molecule has 1 N–H and O–H groups in total. The molecular weight excluding hydrogens is 258 g/mol. The summed E-state index contributed by atoms with van der Waals surface area (Å²) in [4.78, 5) is 39.9. The quantitative estimate of drug-likeness (QED) is 0.583. The predicted octanol–water partition coefficient (Wildman–Crippen LogP) is 0.222. The van der Waals surface area contributed by atoms with Crippen molar-refractivity contribution in [1.29, 1.82) is 0 Å². The molecule has 2 heterocycles. The highest BCUT2D eigenvalue weighted by atomic mass is 35.5. The van der Waals surface area contributed by atoms with Crippen molar-refractivity contribution in [3.05, 3.63) is 29.0 Å². The molecule has 1 aliphatic heterocycles. The van der Waals surface area contributed by atoms with Crippen LogP contribution in [-0.4, -0.2) is 40.2 Å². The Morgan fingerprint density at radius 1 is 1.56 bits per heavy atom. The Morgan fingerprint density at radius 3 is 2.94 bits per heavy atom. The largest absolute Gasteiger partial charge is 0.317 e. The number of carbonyl (C=O) groups excluding carboxylic acids is 3. The van der Waals surface area contributed by atoms with E-state index in [1.54, 1.807) is 13.0 Å². The molecule has 1 aromatic rings. The van der Waals surface area contributed by atoms with Crippen molar-refractivity contribution >= 4 is 29.3 Å². The van der Waals surface area contributed by atoms with Crippen LogP contribution in [0.25, 0.3) is 0 Å². The topological polar surface area (TPSA) is 79.4 Å². The molecule has 18 heavy (non-hydrogen) atoms. The van der Waals surface area contributed by atoms with Crippen molar-refractivity contribution in [2.75, 3.05) is 6.54 Å². The van der Waals surface area contributed by atoms with Crippen LogP contribution < -0.4 is 5.32 Å². The molecule has 0 aromatic carbocycles. The highest BCUT2D eigenvalue weighted by Crippen LogP contribution is 2.17. The van der Waals surface area contributed by atoms with Crippen molar-refractivity contribution < 1.29 is 14.4 Å². The Labute approximate surface area is 108 Å². The van der Waals surface area contributed by atoms with Crippen molar-refractivity contribution in [2.24, 2.45) is 0 Å². The summed E-state index contributed by atoms with van der Waals surface area (Å²) >= 11 is 5.81. The van der Waals surface area contributed by atoms with E-state index in [1.807, 2.05) is 0 Å². The summed E-state index contributed by atoms with van der Waals surface area (Å²) in [5, 5.41) is 2.21. The Hall–Kier alpha value is -1.95. The third-order valence-electron chi connectivity index (χ3n) is 2.67. The molecule has 7 heteroatoms. The van der Waals surface area contributed by atoms with E-state index < -0.39 is 23.8 Å². The molecular formula is C11H10ClN3O3. The Kier molecular flexibility index (Phi) is 3.29. The van der Waals surface area contributed by atoms with Gasteiger partial charge in [0.15, 0.2) is 0 Å². The van der Waals surface area contributed by atoms with Gasteiger partial charge in [-0.15, -0.1) is 0 Å². The average molecular weight is 268 g/mol. The maximum Gasteiger partial charge on any atom is 0.258 e. The van der Waals surface area contributed by atoms with Gasteiger partial charge in [0.1, 0.15) is 17.7 Å². The van der Waals surface area contributed by atoms with Gasteiger partial charge in [-0.05, 0) is 19.1 Å². The minimum Gasteiger partial charge on any atom is -0.317 e. The number of imide groups is 1. The third kappa shape index (κ3) is 2.19. The fraction of sp³-hybridized carbons (Fsp3) is 0.273. The van der Waals surface area contributed by atoms with Gasteiger partial charge >= 0.3 is 0 Å². The van der Waals surface area contributed by atoms with E-state index in [0.717, 1.165) is 0 Å². The molecule has 1 aromatic heterocycles. The standard InChI is InChI=1S/C11H10ClN3O3/c1-6-10(17)14-8(16)5-15(6)11(18)7-3-2-4-13-9(7)12/h2-4,6H,5H2,1H3,(H,14,16,17). The summed E-state index contributed by atoms with van der Waals surface area (Å²) in [6.07, 6.45) is 1.45. The molecule has 1 aliphatic rings. The molecule has 0 spiro atoms. The van der Waals surface area contributed by atoms with Crippen LogP contribution in [0.1, 0.15) is 17.3 Å². The lowest BCUT2D eigenvalue weighted by atomic mass is 10.1. The molecule has 1 atom stereocenters. The van der Waals surface area contributed by atoms with E-state index in [4.69, 9.17) is 11.6 Å². The maximum absolute atomic E-state index is 12.2. The number of carbonyl (C=O) groups is 3. The van der Waals surface area contributed by atoms with Gasteiger partial charge in [-0.25, -0.2) is 4.98 Å². The lowest BCUT2D eigenvalue weighted by Gasteiger charge is -2.31. The van der Waals surface area contributed by atoms with Crippen LogP contribution in [0.5, 0.6) is 0 Å². The van der Waals surface area contributed by atoms with Gasteiger partial charge in [0.05, 0.1) is 5.56 Å². The number of hydrogen-bond acceptors (Lipinski definition) is 4. The molecule has 0 saturated carbocycles. The van der Waals surface area contributed by atoms with E-state index in [0.29, 0.717) is 0 Å². The van der Waals surface area contributed by atoms with Crippen LogP contribution in [-0.2, 0) is 9.59 Å². The molecule has 1 fully saturated rings. The van der Waals surface area contributed by atoms with Gasteiger partial charge in [0.25, 0.3) is 5.91 Å². The molecule has 3 amide bonds. The first-order chi connectivity index (χ1) is 8.50. The lowest BCUT2D eigenvalue weighted by molar-refractivity contribution is -0.138. The van der Waals surface area contributed by atoms with Crippen molar-refractivity contribution in [3.8, 4) is 0 Å². The Balaban J connectivity index is 2.31. The zero-order valence-corrected chi connectivity index (χ0v) is 10.3. The van der Waals surface area contributed by atoms with Crippen LogP contribution in [0, 0.1) is 0 Å². The van der Waals surface area contributed by atoms with Gasteiger partial charge < -0.3 is 4.90 Å². The van der Waals surface area contributed by atoms with Gasteiger partial charge in [-0.2, -0.15) is 0 Å². The molecule has 94 valence electrons. The first kappa shape index (κ1) is 12.5. The van der Waals surface area contributed by atoms with Gasteiger partial charge in [-0.3, -0.25) is 19.7 Å². The van der Waals surface area contributed by atoms with Crippen molar-refractivity contribution in [2.45, 2.75) is 13.0 Å². The highest BCUT2D eigenvalue weighted by molar-refractivity contribution is 6.32. The van der Waals surface area contributed by atoms with Gasteiger partial charge in [0.2, 0.25) is 11.8 Å². The van der Waals surface area contributed by atoms with E-state index >= 15 is 0 Å². The highest BCUT2D eigenvalue weighted by Gasteiger charge is 2.34. The summed E-state index contributed by atoms with van der Waals surface area (Å²) in [5.74, 6) is -1.49. The Morgan fingerprint density at radius 2 is 2.28 bits per heavy atom. The predicted molar refractivity (Wildman–Crippen MR) is 62.9 cm³/mol. The maximum atomic E-state index is 12.2. The normalized spacial score (nSPS) is 19.7. The molecule has 0 bridgehead atoms. The number of amides is 3. The van der Waals surface area contributed by atoms with Gasteiger partial charge in [-0.1, -0.05) is 11.6 Å². The number of nitrogens with zero attached hydrogens (tertiary/aromatic N) is 2. The Bertz CT molecular complexity index is 532. The zero-order chi connectivity index (χ0) is 13.3. The van der Waals surface area contributed by atoms with E-state index in [9.17, 15) is 14.4 Å². The first-order valence-corrected chi connectivity index (χ1v) is 5.63. The summed E-state index contributed by atoms with van der Waals surface area (Å²) in [6.45, 7) is 1.38. The van der Waals surface area contributed by atoms with E-state index in [-0.39, 0.29) is 17.3 Å². The van der Waals surface area contributed by atoms with E-state index in [2.05, 4.69) is 10.3 Å². The number of nitrogens with one attached hydrogen (secondary N) is 1. The fourth-order valence-electron chi connectivity index (χ4n) is 1.66. The minimum atomic E-state index is -0.716. The second-order valence-electron chi connectivity index (χ2n) is 3.86. The number of piperazine rings is 1. The van der Waals surface area contributed by atoms with Crippen LogP contribution >= 0.6 is 11.6 Å². The summed E-state index contributed by atoms with van der Waals surface area (Å²) in [6, 6.07) is 2.35. The monoisotopic (exact) mass is 267 g/mol. The average Bonchev–Trinajstić information content (AvgIpc) is 2.33. The molecule has 1 saturated heterocycles. The van der Waals surface area contributed by atoms with E-state index in [1.165, 1.54) is 17.2 Å². The molecule has 6 nitrogen and oxygen atoms in total. The number of pyridine rings is 1. The first-order valence-electron chi connectivity index (χ1n) is 5.26. The SMILES string of the molecule is CC1C(=O)NC(=O)CN1C(=O)c1cccnc1Cl. The second-order valence-corrected chi connectivity index (χ2v) is 4.22. The smallest absolute Gasteiger partial charge is 0.258 e. The van der Waals surface area contributed by atoms with Crippen molar-refractivity contribution in [1.82, 2.24) is 15.2 Å². The summed E-state index contributed by atoms with van der Waals surface area (Å²) in [7, 11) is 0. The molecule has 0 aliphatic carbocycles.